The largest absolute Gasteiger partial charge is 0.481 e. The van der Waals surface area contributed by atoms with Crippen LogP contribution in [0.4, 0.5) is 11.5 Å². The number of rotatable bonds is 7. The average molecular weight is 296 g/mol. The Bertz CT molecular complexity index is 563. The maximum Gasteiger partial charge on any atom is 0.333 e. The van der Waals surface area contributed by atoms with Crippen molar-refractivity contribution in [3.63, 3.8) is 0 Å². The zero-order valence-electron chi connectivity index (χ0n) is 12.3. The molecule has 1 saturated carbocycles. The first kappa shape index (κ1) is 15.3. The van der Waals surface area contributed by atoms with Crippen molar-refractivity contribution in [2.75, 3.05) is 5.32 Å². The number of carboxylic acids is 1. The van der Waals surface area contributed by atoms with E-state index in [9.17, 15) is 14.9 Å². The number of hydrogen-bond donors (Lipinski definition) is 2. The summed E-state index contributed by atoms with van der Waals surface area (Å²) >= 11 is 0. The van der Waals surface area contributed by atoms with Crippen molar-refractivity contribution < 1.29 is 14.8 Å². The van der Waals surface area contributed by atoms with Crippen molar-refractivity contribution >= 4 is 17.5 Å². The Morgan fingerprint density at radius 1 is 1.57 bits per heavy atom. The molecule has 0 aromatic carbocycles. The molecule has 8 heteroatoms. The minimum Gasteiger partial charge on any atom is -0.481 e. The van der Waals surface area contributed by atoms with E-state index in [1.54, 1.807) is 11.6 Å². The molecule has 0 radical (unpaired) electrons. The summed E-state index contributed by atoms with van der Waals surface area (Å²) in [5.74, 6) is -0.566. The van der Waals surface area contributed by atoms with Gasteiger partial charge >= 0.3 is 11.7 Å². The molecule has 8 nitrogen and oxygen atoms in total. The second-order valence-corrected chi connectivity index (χ2v) is 5.59. The monoisotopic (exact) mass is 296 g/mol. The molecule has 1 heterocycles. The molecule has 0 unspecified atom stereocenters. The van der Waals surface area contributed by atoms with Crippen LogP contribution in [0.5, 0.6) is 0 Å². The first-order chi connectivity index (χ1) is 9.88. The molecular weight excluding hydrogens is 276 g/mol. The lowest BCUT2D eigenvalue weighted by Crippen LogP contribution is -2.47. The van der Waals surface area contributed by atoms with Crippen LogP contribution >= 0.6 is 0 Å². The van der Waals surface area contributed by atoms with Crippen LogP contribution in [-0.2, 0) is 11.3 Å². The Labute approximate surface area is 122 Å². The summed E-state index contributed by atoms with van der Waals surface area (Å²) < 4.78 is 1.58. The molecule has 0 saturated heterocycles. The highest BCUT2D eigenvalue weighted by molar-refractivity contribution is 5.71. The third kappa shape index (κ3) is 2.98. The van der Waals surface area contributed by atoms with Crippen LogP contribution < -0.4 is 5.32 Å². The summed E-state index contributed by atoms with van der Waals surface area (Å²) in [5, 5.41) is 27.7. The molecule has 1 fully saturated rings. The Morgan fingerprint density at radius 2 is 2.24 bits per heavy atom. The molecule has 1 aliphatic rings. The molecular formula is C13H20N4O4. The van der Waals surface area contributed by atoms with Gasteiger partial charge in [0.05, 0.1) is 11.3 Å². The van der Waals surface area contributed by atoms with Crippen LogP contribution in [0.2, 0.25) is 0 Å². The minimum atomic E-state index is -0.900. The molecule has 0 spiro atoms. The zero-order valence-corrected chi connectivity index (χ0v) is 12.3. The fourth-order valence-electron chi connectivity index (χ4n) is 2.78. The highest BCUT2D eigenvalue weighted by Gasteiger charge is 2.42. The van der Waals surface area contributed by atoms with E-state index in [2.05, 4.69) is 10.4 Å². The lowest BCUT2D eigenvalue weighted by atomic mass is 9.74. The van der Waals surface area contributed by atoms with Gasteiger partial charge in [-0.25, -0.2) is 4.68 Å². The van der Waals surface area contributed by atoms with E-state index in [1.165, 1.54) is 0 Å². The normalized spacial score (nSPS) is 16.3. The van der Waals surface area contributed by atoms with Gasteiger partial charge in [0.2, 0.25) is 5.82 Å². The number of hydrogen-bond acceptors (Lipinski definition) is 5. The summed E-state index contributed by atoms with van der Waals surface area (Å²) in [6, 6.07) is 0. The number of carboxylic acid groups (broad SMARTS) is 1. The molecule has 1 aliphatic carbocycles. The first-order valence-corrected chi connectivity index (χ1v) is 7.10. The summed E-state index contributed by atoms with van der Waals surface area (Å²) in [4.78, 5) is 21.9. The fourth-order valence-corrected chi connectivity index (χ4v) is 2.78. The SMILES string of the molecule is CCCn1nc(C)c([N+](=O)[O-])c1NC1(CC(=O)O)CCC1. The summed E-state index contributed by atoms with van der Waals surface area (Å²) in [6.07, 6.45) is 3.08. The summed E-state index contributed by atoms with van der Waals surface area (Å²) in [5.41, 5.74) is -0.296. The van der Waals surface area contributed by atoms with E-state index < -0.39 is 16.4 Å². The van der Waals surface area contributed by atoms with Gasteiger partial charge in [-0.05, 0) is 32.6 Å². The smallest absolute Gasteiger partial charge is 0.333 e. The lowest BCUT2D eigenvalue weighted by molar-refractivity contribution is -0.384. The van der Waals surface area contributed by atoms with Crippen LogP contribution in [0.15, 0.2) is 0 Å². The van der Waals surface area contributed by atoms with Crippen molar-refractivity contribution in [3.05, 3.63) is 15.8 Å². The standard InChI is InChI=1S/C13H20N4O4/c1-3-7-16-12(11(17(20)21)9(2)15-16)14-13(5-4-6-13)8-10(18)19/h14H,3-8H2,1-2H3,(H,18,19). The molecule has 0 bridgehead atoms. The third-order valence-electron chi connectivity index (χ3n) is 3.90. The van der Waals surface area contributed by atoms with Gasteiger partial charge in [0, 0.05) is 12.1 Å². The molecule has 2 rings (SSSR count). The Hall–Kier alpha value is -2.12. The summed E-state index contributed by atoms with van der Waals surface area (Å²) in [6.45, 7) is 4.11. The predicted octanol–water partition coefficient (Wildman–Crippen LogP) is 2.32. The summed E-state index contributed by atoms with van der Waals surface area (Å²) in [7, 11) is 0. The van der Waals surface area contributed by atoms with E-state index >= 15 is 0 Å². The molecule has 0 amide bonds. The Morgan fingerprint density at radius 3 is 2.67 bits per heavy atom. The quantitative estimate of drug-likeness (QED) is 0.590. The first-order valence-electron chi connectivity index (χ1n) is 7.10. The topological polar surface area (TPSA) is 110 Å². The van der Waals surface area contributed by atoms with Crippen molar-refractivity contribution in [1.82, 2.24) is 9.78 Å². The third-order valence-corrected chi connectivity index (χ3v) is 3.90. The highest BCUT2D eigenvalue weighted by Crippen LogP contribution is 2.41. The van der Waals surface area contributed by atoms with Crippen LogP contribution in [-0.4, -0.2) is 31.3 Å². The van der Waals surface area contributed by atoms with Gasteiger partial charge in [0.15, 0.2) is 0 Å². The number of carbonyl (C=O) groups is 1. The maximum absolute atomic E-state index is 11.3. The fraction of sp³-hybridized carbons (Fsp3) is 0.692. The van der Waals surface area contributed by atoms with Crippen molar-refractivity contribution in [2.45, 2.75) is 58.0 Å². The van der Waals surface area contributed by atoms with Gasteiger partial charge in [0.25, 0.3) is 0 Å². The molecule has 1 aromatic heterocycles. The lowest BCUT2D eigenvalue weighted by Gasteiger charge is -2.41. The van der Waals surface area contributed by atoms with Crippen molar-refractivity contribution in [1.29, 1.82) is 0 Å². The predicted molar refractivity (Wildman–Crippen MR) is 76.4 cm³/mol. The number of nitrogens with one attached hydrogen (secondary N) is 1. The number of nitro groups is 1. The second-order valence-electron chi connectivity index (χ2n) is 5.59. The number of aliphatic carboxylic acids is 1. The number of anilines is 1. The maximum atomic E-state index is 11.3. The van der Waals surface area contributed by atoms with Crippen molar-refractivity contribution in [2.24, 2.45) is 0 Å². The van der Waals surface area contributed by atoms with Gasteiger partial charge in [-0.15, -0.1) is 0 Å². The van der Waals surface area contributed by atoms with Gasteiger partial charge in [0.1, 0.15) is 5.69 Å². The Kier molecular flexibility index (Phi) is 4.15. The number of aromatic nitrogens is 2. The van der Waals surface area contributed by atoms with Gasteiger partial charge < -0.3 is 10.4 Å². The van der Waals surface area contributed by atoms with Crippen molar-refractivity contribution in [3.8, 4) is 0 Å². The van der Waals surface area contributed by atoms with Crippen LogP contribution in [0.1, 0.15) is 44.7 Å². The van der Waals surface area contributed by atoms with Crippen LogP contribution in [0.3, 0.4) is 0 Å². The molecule has 0 aliphatic heterocycles. The van der Waals surface area contributed by atoms with E-state index in [-0.39, 0.29) is 12.1 Å². The van der Waals surface area contributed by atoms with E-state index in [0.717, 1.165) is 12.8 Å². The van der Waals surface area contributed by atoms with Crippen LogP contribution in [0, 0.1) is 17.0 Å². The molecule has 2 N–H and O–H groups in total. The highest BCUT2D eigenvalue weighted by atomic mass is 16.6. The van der Waals surface area contributed by atoms with Crippen LogP contribution in [0.25, 0.3) is 0 Å². The van der Waals surface area contributed by atoms with Gasteiger partial charge in [-0.2, -0.15) is 5.10 Å². The van der Waals surface area contributed by atoms with E-state index in [0.29, 0.717) is 30.9 Å². The molecule has 21 heavy (non-hydrogen) atoms. The molecule has 1 aromatic rings. The minimum absolute atomic E-state index is 0.0412. The average Bonchev–Trinajstić information content (AvgIpc) is 2.62. The van der Waals surface area contributed by atoms with Gasteiger partial charge in [-0.3, -0.25) is 14.9 Å². The van der Waals surface area contributed by atoms with E-state index in [4.69, 9.17) is 5.11 Å². The second kappa shape index (κ2) is 5.71. The molecule has 116 valence electrons. The Balaban J connectivity index is 2.36. The number of aryl methyl sites for hydroxylation is 2. The van der Waals surface area contributed by atoms with Gasteiger partial charge in [-0.1, -0.05) is 6.92 Å². The molecule has 0 atom stereocenters. The van der Waals surface area contributed by atoms with E-state index in [1.807, 2.05) is 6.92 Å². The zero-order chi connectivity index (χ0) is 15.6. The number of nitrogens with zero attached hydrogens (tertiary/aromatic N) is 3.